The van der Waals surface area contributed by atoms with Crippen LogP contribution in [0.3, 0.4) is 0 Å². The maximum atomic E-state index is 9.55. The predicted molar refractivity (Wildman–Crippen MR) is 81.8 cm³/mol. The third-order valence-corrected chi connectivity index (χ3v) is 5.24. The van der Waals surface area contributed by atoms with Crippen LogP contribution in [0.1, 0.15) is 41.3 Å². The summed E-state index contributed by atoms with van der Waals surface area (Å²) in [5, 5.41) is 10.6. The standard InChI is InChI=1S/C16H18N2OS/c19-10-14-15(12-7-8-12)17-16(20-14)18-9-3-5-11-4-1-2-6-13(11)18/h1-2,4,6,12,19H,3,5,7-10H2. The van der Waals surface area contributed by atoms with Gasteiger partial charge in [0, 0.05) is 18.2 Å². The lowest BCUT2D eigenvalue weighted by atomic mass is 10.0. The Morgan fingerprint density at radius 1 is 1.30 bits per heavy atom. The molecule has 0 amide bonds. The van der Waals surface area contributed by atoms with E-state index >= 15 is 0 Å². The molecule has 0 atom stereocenters. The number of anilines is 2. The lowest BCUT2D eigenvalue weighted by Gasteiger charge is -2.28. The molecule has 20 heavy (non-hydrogen) atoms. The molecule has 1 N–H and O–H groups in total. The lowest BCUT2D eigenvalue weighted by molar-refractivity contribution is 0.284. The second-order valence-corrected chi connectivity index (χ2v) is 6.68. The molecule has 1 aliphatic carbocycles. The smallest absolute Gasteiger partial charge is 0.190 e. The van der Waals surface area contributed by atoms with Crippen LogP contribution in [0.5, 0.6) is 0 Å². The Balaban J connectivity index is 1.75. The Bertz CT molecular complexity index is 633. The minimum absolute atomic E-state index is 0.124. The quantitative estimate of drug-likeness (QED) is 0.936. The van der Waals surface area contributed by atoms with Crippen molar-refractivity contribution in [2.75, 3.05) is 11.4 Å². The van der Waals surface area contributed by atoms with E-state index in [9.17, 15) is 5.11 Å². The zero-order valence-corrected chi connectivity index (χ0v) is 12.2. The van der Waals surface area contributed by atoms with Gasteiger partial charge in [-0.05, 0) is 37.3 Å². The topological polar surface area (TPSA) is 36.4 Å². The van der Waals surface area contributed by atoms with E-state index in [-0.39, 0.29) is 6.61 Å². The molecule has 0 radical (unpaired) electrons. The number of aromatic nitrogens is 1. The monoisotopic (exact) mass is 286 g/mol. The van der Waals surface area contributed by atoms with Crippen molar-refractivity contribution in [3.63, 3.8) is 0 Å². The van der Waals surface area contributed by atoms with E-state index in [1.54, 1.807) is 11.3 Å². The van der Waals surface area contributed by atoms with Crippen LogP contribution in [0, 0.1) is 0 Å². The Morgan fingerprint density at radius 2 is 2.15 bits per heavy atom. The molecule has 2 heterocycles. The number of benzene rings is 1. The third-order valence-electron chi connectivity index (χ3n) is 4.17. The van der Waals surface area contributed by atoms with E-state index in [0.717, 1.165) is 28.7 Å². The average molecular weight is 286 g/mol. The summed E-state index contributed by atoms with van der Waals surface area (Å²) < 4.78 is 0. The van der Waals surface area contributed by atoms with Crippen molar-refractivity contribution in [2.24, 2.45) is 0 Å². The molecule has 2 aliphatic rings. The molecular formula is C16H18N2OS. The van der Waals surface area contributed by atoms with E-state index < -0.39 is 0 Å². The van der Waals surface area contributed by atoms with Gasteiger partial charge in [-0.1, -0.05) is 29.5 Å². The second kappa shape index (κ2) is 4.86. The molecule has 1 aromatic carbocycles. The fourth-order valence-electron chi connectivity index (χ4n) is 2.99. The van der Waals surface area contributed by atoms with Crippen LogP contribution >= 0.6 is 11.3 Å². The summed E-state index contributed by atoms with van der Waals surface area (Å²) in [5.74, 6) is 0.599. The number of aliphatic hydroxyl groups is 1. The molecule has 3 nitrogen and oxygen atoms in total. The molecule has 0 unspecified atom stereocenters. The van der Waals surface area contributed by atoms with Crippen LogP contribution in [-0.2, 0) is 13.0 Å². The van der Waals surface area contributed by atoms with Gasteiger partial charge in [0.05, 0.1) is 17.2 Å². The van der Waals surface area contributed by atoms with Crippen LogP contribution in [0.2, 0.25) is 0 Å². The van der Waals surface area contributed by atoms with E-state index in [0.29, 0.717) is 5.92 Å². The van der Waals surface area contributed by atoms with Crippen molar-refractivity contribution in [2.45, 2.75) is 38.2 Å². The summed E-state index contributed by atoms with van der Waals surface area (Å²) in [6.45, 7) is 1.15. The minimum atomic E-state index is 0.124. The number of rotatable bonds is 3. The van der Waals surface area contributed by atoms with Crippen LogP contribution in [0.15, 0.2) is 24.3 Å². The van der Waals surface area contributed by atoms with Gasteiger partial charge in [-0.15, -0.1) is 0 Å². The molecule has 1 aliphatic heterocycles. The van der Waals surface area contributed by atoms with E-state index in [1.807, 2.05) is 0 Å². The maximum absolute atomic E-state index is 9.55. The van der Waals surface area contributed by atoms with Crippen LogP contribution in [-0.4, -0.2) is 16.6 Å². The van der Waals surface area contributed by atoms with Crippen molar-refractivity contribution in [3.8, 4) is 0 Å². The summed E-state index contributed by atoms with van der Waals surface area (Å²) in [6, 6.07) is 8.60. The zero-order valence-electron chi connectivity index (χ0n) is 11.4. The summed E-state index contributed by atoms with van der Waals surface area (Å²) >= 11 is 1.66. The summed E-state index contributed by atoms with van der Waals surface area (Å²) in [5.41, 5.74) is 3.85. The van der Waals surface area contributed by atoms with Crippen LogP contribution < -0.4 is 4.90 Å². The SMILES string of the molecule is OCc1sc(N2CCCc3ccccc32)nc1C1CC1. The fourth-order valence-corrected chi connectivity index (χ4v) is 4.03. The number of aryl methyl sites for hydroxylation is 1. The maximum Gasteiger partial charge on any atom is 0.190 e. The van der Waals surface area contributed by atoms with E-state index in [2.05, 4.69) is 29.2 Å². The average Bonchev–Trinajstić information content (AvgIpc) is 3.26. The number of fused-ring (bicyclic) bond motifs is 1. The predicted octanol–water partition coefficient (Wildman–Crippen LogP) is 3.60. The molecular weight excluding hydrogens is 268 g/mol. The Kier molecular flexibility index (Phi) is 3.00. The van der Waals surface area contributed by atoms with Crippen molar-refractivity contribution in [3.05, 3.63) is 40.4 Å². The largest absolute Gasteiger partial charge is 0.391 e. The first kappa shape index (κ1) is 12.4. The third kappa shape index (κ3) is 2.03. The van der Waals surface area contributed by atoms with Gasteiger partial charge in [-0.2, -0.15) is 0 Å². The second-order valence-electron chi connectivity index (χ2n) is 5.62. The molecule has 0 bridgehead atoms. The highest BCUT2D eigenvalue weighted by Gasteiger charge is 2.31. The van der Waals surface area contributed by atoms with Gasteiger partial charge < -0.3 is 10.0 Å². The highest BCUT2D eigenvalue weighted by Crippen LogP contribution is 2.45. The zero-order chi connectivity index (χ0) is 13.5. The van der Waals surface area contributed by atoms with Gasteiger partial charge in [0.1, 0.15) is 0 Å². The van der Waals surface area contributed by atoms with Gasteiger partial charge in [0.15, 0.2) is 5.13 Å². The molecule has 4 rings (SSSR count). The number of hydrogen-bond acceptors (Lipinski definition) is 4. The lowest BCUT2D eigenvalue weighted by Crippen LogP contribution is -2.24. The van der Waals surface area contributed by atoms with Crippen molar-refractivity contribution in [1.82, 2.24) is 4.98 Å². The Hall–Kier alpha value is -1.39. The molecule has 104 valence electrons. The van der Waals surface area contributed by atoms with E-state index in [4.69, 9.17) is 4.98 Å². The first-order chi connectivity index (χ1) is 9.86. The molecule has 1 saturated carbocycles. The number of nitrogens with zero attached hydrogens (tertiary/aromatic N) is 2. The van der Waals surface area contributed by atoms with Gasteiger partial charge in [0.2, 0.25) is 0 Å². The molecule has 4 heteroatoms. The molecule has 2 aromatic rings. The minimum Gasteiger partial charge on any atom is -0.391 e. The number of thiazole rings is 1. The summed E-state index contributed by atoms with van der Waals surface area (Å²) in [6.07, 6.45) is 4.78. The normalized spacial score (nSPS) is 18.1. The molecule has 0 spiro atoms. The van der Waals surface area contributed by atoms with Gasteiger partial charge >= 0.3 is 0 Å². The fraction of sp³-hybridized carbons (Fsp3) is 0.438. The van der Waals surface area contributed by atoms with Crippen molar-refractivity contribution >= 4 is 22.2 Å². The number of aliphatic hydroxyl groups excluding tert-OH is 1. The number of para-hydroxylation sites is 1. The first-order valence-corrected chi connectivity index (χ1v) is 8.14. The molecule has 1 aromatic heterocycles. The van der Waals surface area contributed by atoms with Crippen LogP contribution in [0.25, 0.3) is 0 Å². The first-order valence-electron chi connectivity index (χ1n) is 7.32. The van der Waals surface area contributed by atoms with Crippen LogP contribution in [0.4, 0.5) is 10.8 Å². The Morgan fingerprint density at radius 3 is 2.95 bits per heavy atom. The van der Waals surface area contributed by atoms with Gasteiger partial charge in [-0.3, -0.25) is 0 Å². The Labute approximate surface area is 122 Å². The number of hydrogen-bond donors (Lipinski definition) is 1. The van der Waals surface area contributed by atoms with Gasteiger partial charge in [-0.25, -0.2) is 4.98 Å². The van der Waals surface area contributed by atoms with Gasteiger partial charge in [0.25, 0.3) is 0 Å². The summed E-state index contributed by atoms with van der Waals surface area (Å²) in [4.78, 5) is 8.24. The molecule has 0 saturated heterocycles. The van der Waals surface area contributed by atoms with E-state index in [1.165, 1.54) is 30.5 Å². The van der Waals surface area contributed by atoms with Crippen molar-refractivity contribution in [1.29, 1.82) is 0 Å². The van der Waals surface area contributed by atoms with Crippen molar-refractivity contribution < 1.29 is 5.11 Å². The summed E-state index contributed by atoms with van der Waals surface area (Å²) in [7, 11) is 0. The highest BCUT2D eigenvalue weighted by atomic mass is 32.1. The molecule has 1 fully saturated rings. The highest BCUT2D eigenvalue weighted by molar-refractivity contribution is 7.15.